The largest absolute Gasteiger partial charge is 0.468 e. The van der Waals surface area contributed by atoms with Gasteiger partial charge in [0.25, 0.3) is 0 Å². The van der Waals surface area contributed by atoms with Crippen molar-refractivity contribution in [1.82, 2.24) is 10.2 Å². The molecule has 3 nitrogen and oxygen atoms in total. The van der Waals surface area contributed by atoms with E-state index in [-0.39, 0.29) is 5.82 Å². The van der Waals surface area contributed by atoms with Gasteiger partial charge in [-0.3, -0.25) is 4.90 Å². The highest BCUT2D eigenvalue weighted by Crippen LogP contribution is 2.14. The van der Waals surface area contributed by atoms with Gasteiger partial charge < -0.3 is 9.73 Å². The number of halogens is 1. The Morgan fingerprint density at radius 1 is 1.16 bits per heavy atom. The Hall–Kier alpha value is -1.65. The molecule has 0 bridgehead atoms. The topological polar surface area (TPSA) is 28.4 Å². The summed E-state index contributed by atoms with van der Waals surface area (Å²) in [6, 6.07) is 8.58. The molecule has 0 aliphatic carbocycles. The maximum Gasteiger partial charge on any atom is 0.123 e. The zero-order chi connectivity index (χ0) is 13.7. The van der Waals surface area contributed by atoms with Crippen LogP contribution in [0.1, 0.15) is 16.9 Å². The molecule has 0 fully saturated rings. The van der Waals surface area contributed by atoms with E-state index in [9.17, 15) is 4.39 Å². The van der Waals surface area contributed by atoms with Crippen molar-refractivity contribution in [2.75, 3.05) is 14.1 Å². The molecule has 0 saturated carbocycles. The van der Waals surface area contributed by atoms with Crippen molar-refractivity contribution >= 4 is 0 Å². The van der Waals surface area contributed by atoms with Crippen molar-refractivity contribution in [3.8, 4) is 0 Å². The molecular weight excluding hydrogens is 243 g/mol. The van der Waals surface area contributed by atoms with Crippen LogP contribution < -0.4 is 5.32 Å². The van der Waals surface area contributed by atoms with Crippen molar-refractivity contribution in [1.29, 1.82) is 0 Å². The van der Waals surface area contributed by atoms with Crippen LogP contribution in [-0.4, -0.2) is 19.0 Å². The molecule has 4 heteroatoms. The van der Waals surface area contributed by atoms with E-state index in [4.69, 9.17) is 4.42 Å². The molecule has 0 spiro atoms. The van der Waals surface area contributed by atoms with Crippen LogP contribution in [0.2, 0.25) is 0 Å². The van der Waals surface area contributed by atoms with Crippen LogP contribution in [0.4, 0.5) is 4.39 Å². The summed E-state index contributed by atoms with van der Waals surface area (Å²) in [6.07, 6.45) is 1.72. The van der Waals surface area contributed by atoms with E-state index in [0.717, 1.165) is 31.0 Å². The normalized spacial score (nSPS) is 11.2. The summed E-state index contributed by atoms with van der Waals surface area (Å²) in [5.74, 6) is 0.771. The minimum atomic E-state index is -0.200. The third kappa shape index (κ3) is 3.91. The Morgan fingerprint density at radius 2 is 1.89 bits per heavy atom. The van der Waals surface area contributed by atoms with Crippen molar-refractivity contribution in [2.45, 2.75) is 19.6 Å². The SMILES string of the molecule is CNCc1ccoc1CN(C)Cc1ccc(F)cc1. The lowest BCUT2D eigenvalue weighted by Gasteiger charge is -2.16. The number of furan rings is 1. The zero-order valence-electron chi connectivity index (χ0n) is 11.3. The third-order valence-corrected chi connectivity index (χ3v) is 2.98. The van der Waals surface area contributed by atoms with Crippen LogP contribution in [0.15, 0.2) is 41.0 Å². The molecule has 0 atom stereocenters. The highest BCUT2D eigenvalue weighted by molar-refractivity contribution is 5.18. The summed E-state index contributed by atoms with van der Waals surface area (Å²) in [5, 5.41) is 3.12. The van der Waals surface area contributed by atoms with Gasteiger partial charge in [-0.1, -0.05) is 12.1 Å². The molecule has 2 aromatic rings. The monoisotopic (exact) mass is 262 g/mol. The molecular formula is C15H19FN2O. The van der Waals surface area contributed by atoms with Gasteiger partial charge >= 0.3 is 0 Å². The standard InChI is InChI=1S/C15H19FN2O/c1-17-9-13-7-8-19-15(13)11-18(2)10-12-3-5-14(16)6-4-12/h3-8,17H,9-11H2,1-2H3. The predicted octanol–water partition coefficient (Wildman–Crippen LogP) is 2.77. The summed E-state index contributed by atoms with van der Waals surface area (Å²) in [6.45, 7) is 2.30. The number of benzene rings is 1. The van der Waals surface area contributed by atoms with Gasteiger partial charge in [-0.05, 0) is 37.9 Å². The van der Waals surface area contributed by atoms with Gasteiger partial charge in [0.15, 0.2) is 0 Å². The van der Waals surface area contributed by atoms with Crippen molar-refractivity contribution < 1.29 is 8.81 Å². The summed E-state index contributed by atoms with van der Waals surface area (Å²) >= 11 is 0. The fourth-order valence-electron chi connectivity index (χ4n) is 2.06. The maximum absolute atomic E-state index is 12.8. The molecule has 0 aliphatic rings. The number of hydrogen-bond acceptors (Lipinski definition) is 3. The Bertz CT molecular complexity index is 507. The fraction of sp³-hybridized carbons (Fsp3) is 0.333. The molecule has 1 aromatic carbocycles. The quantitative estimate of drug-likeness (QED) is 0.867. The van der Waals surface area contributed by atoms with Crippen LogP contribution in [-0.2, 0) is 19.6 Å². The first-order chi connectivity index (χ1) is 9.19. The number of rotatable bonds is 6. The molecule has 0 aliphatic heterocycles. The smallest absolute Gasteiger partial charge is 0.123 e. The lowest BCUT2D eigenvalue weighted by molar-refractivity contribution is 0.286. The minimum Gasteiger partial charge on any atom is -0.468 e. The lowest BCUT2D eigenvalue weighted by Crippen LogP contribution is -2.18. The molecule has 0 unspecified atom stereocenters. The first-order valence-corrected chi connectivity index (χ1v) is 6.32. The lowest BCUT2D eigenvalue weighted by atomic mass is 10.2. The highest BCUT2D eigenvalue weighted by Gasteiger charge is 2.09. The van der Waals surface area contributed by atoms with E-state index in [1.54, 1.807) is 6.26 Å². The van der Waals surface area contributed by atoms with Gasteiger partial charge in [-0.15, -0.1) is 0 Å². The number of nitrogens with zero attached hydrogens (tertiary/aromatic N) is 1. The molecule has 1 heterocycles. The average molecular weight is 262 g/mol. The maximum atomic E-state index is 12.8. The summed E-state index contributed by atoms with van der Waals surface area (Å²) in [4.78, 5) is 2.14. The second-order valence-corrected chi connectivity index (χ2v) is 4.70. The second kappa shape index (κ2) is 6.50. The molecule has 0 radical (unpaired) electrons. The summed E-state index contributed by atoms with van der Waals surface area (Å²) < 4.78 is 18.3. The molecule has 2 rings (SSSR count). The Kier molecular flexibility index (Phi) is 4.71. The second-order valence-electron chi connectivity index (χ2n) is 4.70. The third-order valence-electron chi connectivity index (χ3n) is 2.98. The Balaban J connectivity index is 1.95. The fourth-order valence-corrected chi connectivity index (χ4v) is 2.06. The van der Waals surface area contributed by atoms with E-state index in [0.29, 0.717) is 0 Å². The van der Waals surface area contributed by atoms with Crippen molar-refractivity contribution in [2.24, 2.45) is 0 Å². The molecule has 1 aromatic heterocycles. The van der Waals surface area contributed by atoms with Gasteiger partial charge in [-0.25, -0.2) is 4.39 Å². The van der Waals surface area contributed by atoms with Crippen LogP contribution >= 0.6 is 0 Å². The summed E-state index contributed by atoms with van der Waals surface area (Å²) in [7, 11) is 3.94. The number of nitrogens with one attached hydrogen (secondary N) is 1. The average Bonchev–Trinajstić information content (AvgIpc) is 2.80. The van der Waals surface area contributed by atoms with E-state index in [1.165, 1.54) is 17.7 Å². The molecule has 0 amide bonds. The highest BCUT2D eigenvalue weighted by atomic mass is 19.1. The van der Waals surface area contributed by atoms with E-state index in [2.05, 4.69) is 10.2 Å². The first kappa shape index (κ1) is 13.8. The van der Waals surface area contributed by atoms with Crippen molar-refractivity contribution in [3.63, 3.8) is 0 Å². The van der Waals surface area contributed by atoms with E-state index < -0.39 is 0 Å². The number of hydrogen-bond donors (Lipinski definition) is 1. The van der Waals surface area contributed by atoms with Gasteiger partial charge in [0, 0.05) is 18.7 Å². The van der Waals surface area contributed by atoms with Crippen LogP contribution in [0.3, 0.4) is 0 Å². The van der Waals surface area contributed by atoms with Gasteiger partial charge in [-0.2, -0.15) is 0 Å². The van der Waals surface area contributed by atoms with Gasteiger partial charge in [0.05, 0.1) is 12.8 Å². The Labute approximate surface area is 113 Å². The predicted molar refractivity (Wildman–Crippen MR) is 73.0 cm³/mol. The van der Waals surface area contributed by atoms with Crippen molar-refractivity contribution in [3.05, 3.63) is 59.3 Å². The molecule has 102 valence electrons. The van der Waals surface area contributed by atoms with Crippen LogP contribution in [0.25, 0.3) is 0 Å². The molecule has 1 N–H and O–H groups in total. The van der Waals surface area contributed by atoms with Crippen LogP contribution in [0, 0.1) is 5.82 Å². The van der Waals surface area contributed by atoms with E-state index in [1.807, 2.05) is 32.3 Å². The molecule has 0 saturated heterocycles. The minimum absolute atomic E-state index is 0.200. The van der Waals surface area contributed by atoms with Gasteiger partial charge in [0.1, 0.15) is 11.6 Å². The van der Waals surface area contributed by atoms with E-state index >= 15 is 0 Å². The Morgan fingerprint density at radius 3 is 2.58 bits per heavy atom. The summed E-state index contributed by atoms with van der Waals surface area (Å²) in [5.41, 5.74) is 2.26. The molecule has 19 heavy (non-hydrogen) atoms. The van der Waals surface area contributed by atoms with Crippen LogP contribution in [0.5, 0.6) is 0 Å². The zero-order valence-corrected chi connectivity index (χ0v) is 11.3. The first-order valence-electron chi connectivity index (χ1n) is 6.32. The van der Waals surface area contributed by atoms with Gasteiger partial charge in [0.2, 0.25) is 0 Å².